The lowest BCUT2D eigenvalue weighted by Crippen LogP contribution is -2.51. The minimum absolute atomic E-state index is 0.103. The Morgan fingerprint density at radius 1 is 1.07 bits per heavy atom. The maximum absolute atomic E-state index is 13.3. The molecule has 6 heteroatoms. The highest BCUT2D eigenvalue weighted by atomic mass is 16.5. The number of nitrogens with zero attached hydrogens (tertiary/aromatic N) is 2. The molecule has 6 nitrogen and oxygen atoms in total. The Balaban J connectivity index is 1.23. The normalized spacial score (nSPS) is 27.5. The number of rotatable bonds is 3. The van der Waals surface area contributed by atoms with Crippen LogP contribution in [-0.4, -0.2) is 79.8 Å². The number of piperidine rings is 2. The van der Waals surface area contributed by atoms with Crippen molar-refractivity contribution < 1.29 is 14.3 Å². The zero-order valence-corrected chi connectivity index (χ0v) is 18.0. The van der Waals surface area contributed by atoms with Gasteiger partial charge in [0.15, 0.2) is 0 Å². The second kappa shape index (κ2) is 8.85. The number of hydrogen-bond donors (Lipinski definition) is 1. The maximum atomic E-state index is 13.3. The number of carbonyl (C=O) groups is 1. The third-order valence-corrected chi connectivity index (χ3v) is 7.62. The van der Waals surface area contributed by atoms with Crippen LogP contribution in [0.4, 0.5) is 0 Å². The first kappa shape index (κ1) is 20.3. The van der Waals surface area contributed by atoms with Crippen molar-refractivity contribution in [2.24, 2.45) is 0 Å². The Hall–Kier alpha value is -1.63. The Labute approximate surface area is 179 Å². The van der Waals surface area contributed by atoms with Crippen LogP contribution in [0.3, 0.4) is 0 Å². The van der Waals surface area contributed by atoms with Gasteiger partial charge in [-0.05, 0) is 56.8 Å². The van der Waals surface area contributed by atoms with Crippen molar-refractivity contribution in [1.82, 2.24) is 15.1 Å². The molecule has 4 aliphatic heterocycles. The molecule has 0 radical (unpaired) electrons. The van der Waals surface area contributed by atoms with Gasteiger partial charge in [-0.1, -0.05) is 18.2 Å². The molecule has 164 valence electrons. The SMILES string of the molecule is O=C(C[C@H]1CC2(CCNCC2)Oc2ccccc21)N1CCC(N2CCOCC2)CC1. The predicted molar refractivity (Wildman–Crippen MR) is 116 cm³/mol. The summed E-state index contributed by atoms with van der Waals surface area (Å²) in [5.74, 6) is 1.58. The summed E-state index contributed by atoms with van der Waals surface area (Å²) in [5, 5.41) is 3.45. The number of fused-ring (bicyclic) bond motifs is 1. The van der Waals surface area contributed by atoms with Gasteiger partial charge in [-0.3, -0.25) is 9.69 Å². The molecular weight excluding hydrogens is 378 g/mol. The topological polar surface area (TPSA) is 54.0 Å². The summed E-state index contributed by atoms with van der Waals surface area (Å²) in [5.41, 5.74) is 1.12. The van der Waals surface area contributed by atoms with Crippen LogP contribution < -0.4 is 10.1 Å². The van der Waals surface area contributed by atoms with E-state index in [9.17, 15) is 4.79 Å². The smallest absolute Gasteiger partial charge is 0.223 e. The highest BCUT2D eigenvalue weighted by Gasteiger charge is 2.42. The van der Waals surface area contributed by atoms with E-state index in [1.807, 2.05) is 6.07 Å². The molecule has 1 N–H and O–H groups in total. The van der Waals surface area contributed by atoms with E-state index >= 15 is 0 Å². The summed E-state index contributed by atoms with van der Waals surface area (Å²) in [4.78, 5) is 17.9. The van der Waals surface area contributed by atoms with Crippen molar-refractivity contribution in [1.29, 1.82) is 0 Å². The molecule has 3 fully saturated rings. The average Bonchev–Trinajstić information content (AvgIpc) is 2.80. The van der Waals surface area contributed by atoms with E-state index in [1.54, 1.807) is 0 Å². The maximum Gasteiger partial charge on any atom is 0.223 e. The van der Waals surface area contributed by atoms with E-state index in [0.29, 0.717) is 18.4 Å². The van der Waals surface area contributed by atoms with Crippen molar-refractivity contribution in [3.8, 4) is 5.75 Å². The van der Waals surface area contributed by atoms with Crippen LogP contribution in [0.5, 0.6) is 5.75 Å². The van der Waals surface area contributed by atoms with E-state index in [4.69, 9.17) is 9.47 Å². The molecule has 1 atom stereocenters. The number of amides is 1. The van der Waals surface area contributed by atoms with Crippen molar-refractivity contribution in [2.75, 3.05) is 52.5 Å². The quantitative estimate of drug-likeness (QED) is 0.825. The van der Waals surface area contributed by atoms with Crippen LogP contribution in [-0.2, 0) is 9.53 Å². The highest BCUT2D eigenvalue weighted by molar-refractivity contribution is 5.77. The lowest BCUT2D eigenvalue weighted by Gasteiger charge is -2.45. The molecule has 1 aromatic carbocycles. The van der Waals surface area contributed by atoms with E-state index in [0.717, 1.165) is 90.3 Å². The third kappa shape index (κ3) is 4.23. The fourth-order valence-corrected chi connectivity index (χ4v) is 5.88. The molecule has 30 heavy (non-hydrogen) atoms. The van der Waals surface area contributed by atoms with Gasteiger partial charge in [0.1, 0.15) is 11.4 Å². The van der Waals surface area contributed by atoms with Gasteiger partial charge in [0.25, 0.3) is 0 Å². The number of benzene rings is 1. The van der Waals surface area contributed by atoms with Crippen molar-refractivity contribution >= 4 is 5.91 Å². The minimum Gasteiger partial charge on any atom is -0.487 e. The Morgan fingerprint density at radius 3 is 2.57 bits per heavy atom. The standard InChI is InChI=1S/C24H35N3O3/c28-23(27-11-5-20(6-12-27)26-13-15-29-16-14-26)17-19-18-24(7-9-25-10-8-24)30-22-4-2-1-3-21(19)22/h1-4,19-20,25H,5-18H2/t19-/m0/s1. The predicted octanol–water partition coefficient (Wildman–Crippen LogP) is 2.39. The lowest BCUT2D eigenvalue weighted by atomic mass is 9.76. The fourth-order valence-electron chi connectivity index (χ4n) is 5.88. The van der Waals surface area contributed by atoms with Gasteiger partial charge < -0.3 is 19.7 Å². The van der Waals surface area contributed by atoms with Gasteiger partial charge >= 0.3 is 0 Å². The van der Waals surface area contributed by atoms with Crippen LogP contribution in [0.2, 0.25) is 0 Å². The Kier molecular flexibility index (Phi) is 5.98. The second-order valence-corrected chi connectivity index (χ2v) is 9.44. The largest absolute Gasteiger partial charge is 0.487 e. The lowest BCUT2D eigenvalue weighted by molar-refractivity contribution is -0.134. The summed E-state index contributed by atoms with van der Waals surface area (Å²) >= 11 is 0. The summed E-state index contributed by atoms with van der Waals surface area (Å²) in [7, 11) is 0. The van der Waals surface area contributed by atoms with Crippen LogP contribution in [0.1, 0.15) is 50.0 Å². The number of morpholine rings is 1. The van der Waals surface area contributed by atoms with Crippen molar-refractivity contribution in [3.05, 3.63) is 29.8 Å². The van der Waals surface area contributed by atoms with E-state index < -0.39 is 0 Å². The molecule has 0 saturated carbocycles. The van der Waals surface area contributed by atoms with Crippen LogP contribution >= 0.6 is 0 Å². The number of hydrogen-bond acceptors (Lipinski definition) is 5. The van der Waals surface area contributed by atoms with E-state index in [-0.39, 0.29) is 11.5 Å². The first-order valence-corrected chi connectivity index (χ1v) is 11.8. The molecule has 0 bridgehead atoms. The zero-order chi connectivity index (χ0) is 20.4. The number of para-hydroxylation sites is 1. The molecule has 1 amide bonds. The van der Waals surface area contributed by atoms with Gasteiger partial charge in [-0.25, -0.2) is 0 Å². The van der Waals surface area contributed by atoms with Crippen molar-refractivity contribution in [2.45, 2.75) is 56.1 Å². The molecule has 0 unspecified atom stereocenters. The van der Waals surface area contributed by atoms with Gasteiger partial charge in [-0.2, -0.15) is 0 Å². The van der Waals surface area contributed by atoms with Gasteiger partial charge in [0.2, 0.25) is 5.91 Å². The van der Waals surface area contributed by atoms with Gasteiger partial charge in [0, 0.05) is 44.6 Å². The number of ether oxygens (including phenoxy) is 2. The molecule has 1 aromatic rings. The van der Waals surface area contributed by atoms with Crippen LogP contribution in [0, 0.1) is 0 Å². The molecule has 1 spiro atoms. The highest BCUT2D eigenvalue weighted by Crippen LogP contribution is 2.46. The summed E-state index contributed by atoms with van der Waals surface area (Å²) < 4.78 is 12.0. The third-order valence-electron chi connectivity index (χ3n) is 7.62. The molecule has 0 aliphatic carbocycles. The first-order chi connectivity index (χ1) is 14.7. The van der Waals surface area contributed by atoms with Crippen molar-refractivity contribution in [3.63, 3.8) is 0 Å². The summed E-state index contributed by atoms with van der Waals surface area (Å²) in [6.07, 6.45) is 5.80. The average molecular weight is 414 g/mol. The zero-order valence-electron chi connectivity index (χ0n) is 18.0. The van der Waals surface area contributed by atoms with E-state index in [1.165, 1.54) is 5.56 Å². The van der Waals surface area contributed by atoms with E-state index in [2.05, 4.69) is 33.3 Å². The molecule has 5 rings (SSSR count). The van der Waals surface area contributed by atoms with Gasteiger partial charge in [-0.15, -0.1) is 0 Å². The Morgan fingerprint density at radius 2 is 1.80 bits per heavy atom. The monoisotopic (exact) mass is 413 g/mol. The fraction of sp³-hybridized carbons (Fsp3) is 0.708. The second-order valence-electron chi connectivity index (χ2n) is 9.44. The number of carbonyl (C=O) groups excluding carboxylic acids is 1. The molecule has 4 heterocycles. The number of nitrogens with one attached hydrogen (secondary N) is 1. The first-order valence-electron chi connectivity index (χ1n) is 11.8. The van der Waals surface area contributed by atoms with Crippen LogP contribution in [0.25, 0.3) is 0 Å². The molecule has 4 aliphatic rings. The van der Waals surface area contributed by atoms with Crippen LogP contribution in [0.15, 0.2) is 24.3 Å². The molecular formula is C24H35N3O3. The summed E-state index contributed by atoms with van der Waals surface area (Å²) in [6, 6.07) is 8.98. The Bertz CT molecular complexity index is 735. The minimum atomic E-state index is -0.103. The molecule has 3 saturated heterocycles. The summed E-state index contributed by atoms with van der Waals surface area (Å²) in [6.45, 7) is 7.54. The molecule has 0 aromatic heterocycles. The van der Waals surface area contributed by atoms with Gasteiger partial charge in [0.05, 0.1) is 13.2 Å². The number of likely N-dealkylation sites (tertiary alicyclic amines) is 1.